The fraction of sp³-hybridized carbons (Fsp3) is 0.182. The summed E-state index contributed by atoms with van der Waals surface area (Å²) in [6, 6.07) is 26.6. The average molecular weight is 333 g/mol. The number of hydrogen-bond donors (Lipinski definition) is 1. The van der Waals surface area contributed by atoms with Crippen molar-refractivity contribution in [2.24, 2.45) is 5.73 Å². The van der Waals surface area contributed by atoms with Crippen LogP contribution in [0.15, 0.2) is 78.9 Å². The van der Waals surface area contributed by atoms with Crippen molar-refractivity contribution in [2.75, 3.05) is 13.2 Å². The molecule has 0 aromatic heterocycles. The van der Waals surface area contributed by atoms with E-state index in [9.17, 15) is 0 Å². The Balaban J connectivity index is 1.44. The van der Waals surface area contributed by atoms with Crippen LogP contribution in [0.3, 0.4) is 0 Å². The second-order valence-electron chi connectivity index (χ2n) is 5.81. The van der Waals surface area contributed by atoms with E-state index in [4.69, 9.17) is 15.2 Å². The highest BCUT2D eigenvalue weighted by atomic mass is 16.5. The first-order chi connectivity index (χ1) is 12.3. The molecule has 3 nitrogen and oxygen atoms in total. The van der Waals surface area contributed by atoms with Gasteiger partial charge in [0.15, 0.2) is 0 Å². The molecule has 0 radical (unpaired) electrons. The molecule has 3 aromatic rings. The van der Waals surface area contributed by atoms with Crippen molar-refractivity contribution in [1.82, 2.24) is 0 Å². The molecular weight excluding hydrogens is 310 g/mol. The topological polar surface area (TPSA) is 44.5 Å². The van der Waals surface area contributed by atoms with Gasteiger partial charge in [0, 0.05) is 6.54 Å². The van der Waals surface area contributed by atoms with Gasteiger partial charge in [-0.1, -0.05) is 66.7 Å². The summed E-state index contributed by atoms with van der Waals surface area (Å²) in [5.41, 5.74) is 10.3. The minimum Gasteiger partial charge on any atom is -0.491 e. The highest BCUT2D eigenvalue weighted by molar-refractivity contribution is 5.64. The predicted octanol–water partition coefficient (Wildman–Crippen LogP) is 4.41. The van der Waals surface area contributed by atoms with Gasteiger partial charge in [0.05, 0.1) is 13.2 Å². The van der Waals surface area contributed by atoms with E-state index >= 15 is 0 Å². The van der Waals surface area contributed by atoms with Gasteiger partial charge in [-0.3, -0.25) is 0 Å². The zero-order chi connectivity index (χ0) is 17.3. The molecule has 0 aliphatic heterocycles. The lowest BCUT2D eigenvalue weighted by atomic mass is 10.0. The van der Waals surface area contributed by atoms with E-state index in [1.54, 1.807) is 0 Å². The van der Waals surface area contributed by atoms with Crippen LogP contribution in [0.4, 0.5) is 0 Å². The maximum atomic E-state index is 5.73. The first-order valence-corrected chi connectivity index (χ1v) is 8.49. The predicted molar refractivity (Wildman–Crippen MR) is 101 cm³/mol. The van der Waals surface area contributed by atoms with E-state index < -0.39 is 0 Å². The quantitative estimate of drug-likeness (QED) is 0.621. The van der Waals surface area contributed by atoms with Gasteiger partial charge in [-0.25, -0.2) is 0 Å². The Bertz CT molecular complexity index is 752. The molecule has 3 aromatic carbocycles. The Labute approximate surface area is 149 Å². The molecule has 0 aliphatic rings. The highest BCUT2D eigenvalue weighted by Gasteiger charge is 2.00. The molecule has 0 amide bonds. The average Bonchev–Trinajstić information content (AvgIpc) is 2.69. The molecule has 2 N–H and O–H groups in total. The summed E-state index contributed by atoms with van der Waals surface area (Å²) in [5, 5.41) is 0. The lowest BCUT2D eigenvalue weighted by Crippen LogP contribution is -2.06. The Hall–Kier alpha value is -2.62. The van der Waals surface area contributed by atoms with Crippen LogP contribution in [0, 0.1) is 0 Å². The lowest BCUT2D eigenvalue weighted by Gasteiger charge is -2.09. The normalized spacial score (nSPS) is 10.6. The van der Waals surface area contributed by atoms with Crippen molar-refractivity contribution in [3.63, 3.8) is 0 Å². The first-order valence-electron chi connectivity index (χ1n) is 8.49. The second-order valence-corrected chi connectivity index (χ2v) is 5.81. The summed E-state index contributed by atoms with van der Waals surface area (Å²) in [5.74, 6) is 0.852. The maximum Gasteiger partial charge on any atom is 0.119 e. The van der Waals surface area contributed by atoms with E-state index in [0.29, 0.717) is 26.4 Å². The molecule has 0 bridgehead atoms. The third-order valence-corrected chi connectivity index (χ3v) is 3.99. The molecule has 0 spiro atoms. The monoisotopic (exact) mass is 333 g/mol. The number of rotatable bonds is 8. The molecule has 3 rings (SSSR count). The van der Waals surface area contributed by atoms with Crippen molar-refractivity contribution in [3.05, 3.63) is 90.0 Å². The van der Waals surface area contributed by atoms with Crippen LogP contribution >= 0.6 is 0 Å². The van der Waals surface area contributed by atoms with Crippen LogP contribution < -0.4 is 10.5 Å². The van der Waals surface area contributed by atoms with Crippen LogP contribution in [0.1, 0.15) is 11.1 Å². The van der Waals surface area contributed by atoms with Crippen molar-refractivity contribution in [1.29, 1.82) is 0 Å². The molecule has 0 saturated heterocycles. The summed E-state index contributed by atoms with van der Waals surface area (Å²) in [6.07, 6.45) is 0. The Morgan fingerprint density at radius 1 is 0.640 bits per heavy atom. The third-order valence-electron chi connectivity index (χ3n) is 3.99. The SMILES string of the molecule is NCc1ccc(-c2ccc(OCCOCc3ccccc3)cc2)cc1. The summed E-state index contributed by atoms with van der Waals surface area (Å²) in [6.45, 7) is 2.29. The van der Waals surface area contributed by atoms with Gasteiger partial charge in [0.25, 0.3) is 0 Å². The van der Waals surface area contributed by atoms with Gasteiger partial charge in [0.1, 0.15) is 12.4 Å². The van der Waals surface area contributed by atoms with Gasteiger partial charge in [0.2, 0.25) is 0 Å². The molecule has 3 heteroatoms. The minimum atomic E-state index is 0.539. The largest absolute Gasteiger partial charge is 0.491 e. The molecule has 128 valence electrons. The molecule has 0 aliphatic carbocycles. The van der Waals surface area contributed by atoms with Crippen LogP contribution in [0.25, 0.3) is 11.1 Å². The summed E-state index contributed by atoms with van der Waals surface area (Å²) in [4.78, 5) is 0. The Morgan fingerprint density at radius 3 is 1.92 bits per heavy atom. The van der Waals surface area contributed by atoms with Crippen molar-refractivity contribution in [2.45, 2.75) is 13.2 Å². The van der Waals surface area contributed by atoms with Gasteiger partial charge in [-0.05, 0) is 34.4 Å². The van der Waals surface area contributed by atoms with Gasteiger partial charge < -0.3 is 15.2 Å². The molecule has 0 saturated carbocycles. The smallest absolute Gasteiger partial charge is 0.119 e. The number of hydrogen-bond acceptors (Lipinski definition) is 3. The van der Waals surface area contributed by atoms with Gasteiger partial charge in [-0.2, -0.15) is 0 Å². The Morgan fingerprint density at radius 2 is 1.28 bits per heavy atom. The van der Waals surface area contributed by atoms with Crippen LogP contribution in [-0.4, -0.2) is 13.2 Å². The van der Waals surface area contributed by atoms with Crippen LogP contribution in [0.2, 0.25) is 0 Å². The number of ether oxygens (including phenoxy) is 2. The third kappa shape index (κ3) is 5.18. The zero-order valence-electron chi connectivity index (χ0n) is 14.2. The van der Waals surface area contributed by atoms with E-state index in [1.165, 1.54) is 11.1 Å². The molecule has 25 heavy (non-hydrogen) atoms. The van der Waals surface area contributed by atoms with Gasteiger partial charge in [-0.15, -0.1) is 0 Å². The zero-order valence-corrected chi connectivity index (χ0v) is 14.2. The van der Waals surface area contributed by atoms with E-state index in [-0.39, 0.29) is 0 Å². The maximum absolute atomic E-state index is 5.73. The molecular formula is C22H23NO2. The van der Waals surface area contributed by atoms with Crippen molar-refractivity contribution >= 4 is 0 Å². The van der Waals surface area contributed by atoms with Gasteiger partial charge >= 0.3 is 0 Å². The standard InChI is InChI=1S/C22H23NO2/c23-16-18-6-8-20(9-7-18)21-10-12-22(13-11-21)25-15-14-24-17-19-4-2-1-3-5-19/h1-13H,14-17,23H2. The minimum absolute atomic E-state index is 0.539. The first kappa shape index (κ1) is 17.2. The van der Waals surface area contributed by atoms with Crippen LogP contribution in [-0.2, 0) is 17.9 Å². The number of benzene rings is 3. The highest BCUT2D eigenvalue weighted by Crippen LogP contribution is 2.22. The second kappa shape index (κ2) is 9.02. The fourth-order valence-corrected chi connectivity index (χ4v) is 2.56. The molecule has 0 atom stereocenters. The summed E-state index contributed by atoms with van der Waals surface area (Å²) in [7, 11) is 0. The van der Waals surface area contributed by atoms with Crippen molar-refractivity contribution < 1.29 is 9.47 Å². The molecule has 0 fully saturated rings. The summed E-state index contributed by atoms with van der Waals surface area (Å²) >= 11 is 0. The van der Waals surface area contributed by atoms with E-state index in [0.717, 1.165) is 16.9 Å². The van der Waals surface area contributed by atoms with E-state index in [1.807, 2.05) is 30.3 Å². The molecule has 0 heterocycles. The van der Waals surface area contributed by atoms with Crippen LogP contribution in [0.5, 0.6) is 5.75 Å². The fourth-order valence-electron chi connectivity index (χ4n) is 2.56. The summed E-state index contributed by atoms with van der Waals surface area (Å²) < 4.78 is 11.4. The lowest BCUT2D eigenvalue weighted by molar-refractivity contribution is 0.0889. The molecule has 0 unspecified atom stereocenters. The number of nitrogens with two attached hydrogens (primary N) is 1. The van der Waals surface area contributed by atoms with Crippen molar-refractivity contribution in [3.8, 4) is 16.9 Å². The Kier molecular flexibility index (Phi) is 6.21. The van der Waals surface area contributed by atoms with E-state index in [2.05, 4.69) is 48.5 Å².